The second kappa shape index (κ2) is 8.95. The molecule has 23 heavy (non-hydrogen) atoms. The molecule has 1 atom stereocenters. The summed E-state index contributed by atoms with van der Waals surface area (Å²) in [5, 5.41) is 6.47. The largest absolute Gasteiger partial charge is 0.375 e. The van der Waals surface area contributed by atoms with E-state index in [1.165, 1.54) is 12.1 Å². The van der Waals surface area contributed by atoms with Gasteiger partial charge in [0.15, 0.2) is 5.96 Å². The molecule has 1 aromatic carbocycles. The molecule has 0 spiro atoms. The molecule has 0 saturated carbocycles. The number of aliphatic imine (C=N–C) groups is 1. The SMILES string of the molecule is CN=C(NCCn1cccc1)NCC(OC)c1ccc(F)cc1. The molecule has 1 aromatic heterocycles. The summed E-state index contributed by atoms with van der Waals surface area (Å²) in [6.07, 6.45) is 3.87. The first-order chi connectivity index (χ1) is 11.2. The Bertz CT molecular complexity index is 596. The molecule has 2 rings (SSSR count). The summed E-state index contributed by atoms with van der Waals surface area (Å²) in [7, 11) is 3.36. The monoisotopic (exact) mass is 318 g/mol. The quantitative estimate of drug-likeness (QED) is 0.608. The van der Waals surface area contributed by atoms with Crippen molar-refractivity contribution in [3.63, 3.8) is 0 Å². The van der Waals surface area contributed by atoms with E-state index in [0.29, 0.717) is 12.5 Å². The Morgan fingerprint density at radius 1 is 1.22 bits per heavy atom. The number of ether oxygens (including phenoxy) is 1. The van der Waals surface area contributed by atoms with Gasteiger partial charge in [-0.2, -0.15) is 0 Å². The number of methoxy groups -OCH3 is 1. The molecule has 1 unspecified atom stereocenters. The van der Waals surface area contributed by atoms with Crippen LogP contribution in [-0.2, 0) is 11.3 Å². The summed E-state index contributed by atoms with van der Waals surface area (Å²) in [6, 6.07) is 10.3. The average Bonchev–Trinajstić information content (AvgIpc) is 3.08. The molecule has 0 aliphatic carbocycles. The van der Waals surface area contributed by atoms with E-state index >= 15 is 0 Å². The highest BCUT2D eigenvalue weighted by Gasteiger charge is 2.11. The number of benzene rings is 1. The minimum Gasteiger partial charge on any atom is -0.375 e. The van der Waals surface area contributed by atoms with Crippen molar-refractivity contribution in [1.29, 1.82) is 0 Å². The molecule has 6 heteroatoms. The fourth-order valence-electron chi connectivity index (χ4n) is 2.25. The van der Waals surface area contributed by atoms with Crippen LogP contribution in [0.2, 0.25) is 0 Å². The van der Waals surface area contributed by atoms with E-state index in [1.807, 2.05) is 24.5 Å². The lowest BCUT2D eigenvalue weighted by molar-refractivity contribution is 0.106. The lowest BCUT2D eigenvalue weighted by atomic mass is 10.1. The summed E-state index contributed by atoms with van der Waals surface area (Å²) in [5.41, 5.74) is 0.921. The fraction of sp³-hybridized carbons (Fsp3) is 0.353. The van der Waals surface area contributed by atoms with E-state index in [9.17, 15) is 4.39 Å². The fourth-order valence-corrected chi connectivity index (χ4v) is 2.25. The molecule has 1 heterocycles. The topological polar surface area (TPSA) is 50.6 Å². The van der Waals surface area contributed by atoms with E-state index in [1.54, 1.807) is 26.3 Å². The number of nitrogens with one attached hydrogen (secondary N) is 2. The number of hydrogen-bond acceptors (Lipinski definition) is 2. The number of hydrogen-bond donors (Lipinski definition) is 2. The summed E-state index contributed by atoms with van der Waals surface area (Å²) >= 11 is 0. The zero-order chi connectivity index (χ0) is 16.5. The molecule has 2 aromatic rings. The van der Waals surface area contributed by atoms with Crippen molar-refractivity contribution in [3.05, 3.63) is 60.2 Å². The summed E-state index contributed by atoms with van der Waals surface area (Å²) < 4.78 is 20.5. The molecule has 0 fully saturated rings. The van der Waals surface area contributed by atoms with Gasteiger partial charge in [-0.3, -0.25) is 4.99 Å². The van der Waals surface area contributed by atoms with Crippen molar-refractivity contribution in [2.45, 2.75) is 12.6 Å². The van der Waals surface area contributed by atoms with Gasteiger partial charge >= 0.3 is 0 Å². The van der Waals surface area contributed by atoms with Crippen LogP contribution in [0.5, 0.6) is 0 Å². The number of guanidine groups is 1. The second-order valence-corrected chi connectivity index (χ2v) is 5.08. The van der Waals surface area contributed by atoms with Crippen LogP contribution in [0.1, 0.15) is 11.7 Å². The smallest absolute Gasteiger partial charge is 0.191 e. The summed E-state index contributed by atoms with van der Waals surface area (Å²) in [6.45, 7) is 2.17. The summed E-state index contributed by atoms with van der Waals surface area (Å²) in [4.78, 5) is 4.19. The Labute approximate surface area is 136 Å². The molecule has 0 radical (unpaired) electrons. The molecule has 0 amide bonds. The number of rotatable bonds is 7. The molecule has 5 nitrogen and oxygen atoms in total. The Hall–Kier alpha value is -2.34. The van der Waals surface area contributed by atoms with Crippen LogP contribution in [-0.4, -0.2) is 37.8 Å². The molecule has 124 valence electrons. The zero-order valence-corrected chi connectivity index (χ0v) is 13.5. The first-order valence-corrected chi connectivity index (χ1v) is 7.56. The van der Waals surface area contributed by atoms with Crippen LogP contribution in [0.3, 0.4) is 0 Å². The number of nitrogens with zero attached hydrogens (tertiary/aromatic N) is 2. The van der Waals surface area contributed by atoms with E-state index in [0.717, 1.165) is 18.7 Å². The minimum atomic E-state index is -0.251. The van der Waals surface area contributed by atoms with Crippen molar-refractivity contribution < 1.29 is 9.13 Å². The molecule has 0 bridgehead atoms. The normalized spacial score (nSPS) is 12.9. The van der Waals surface area contributed by atoms with Gasteiger partial charge in [0.1, 0.15) is 5.82 Å². The van der Waals surface area contributed by atoms with Crippen LogP contribution >= 0.6 is 0 Å². The molecular weight excluding hydrogens is 295 g/mol. The summed E-state index contributed by atoms with van der Waals surface area (Å²) in [5.74, 6) is 0.459. The van der Waals surface area contributed by atoms with Gasteiger partial charge in [0.2, 0.25) is 0 Å². The Balaban J connectivity index is 1.80. The highest BCUT2D eigenvalue weighted by Crippen LogP contribution is 2.15. The first kappa shape index (κ1) is 17.0. The molecule has 0 saturated heterocycles. The predicted octanol–water partition coefficient (Wildman–Crippen LogP) is 2.18. The Morgan fingerprint density at radius 2 is 1.91 bits per heavy atom. The maximum atomic E-state index is 13.0. The number of halogens is 1. The highest BCUT2D eigenvalue weighted by atomic mass is 19.1. The van der Waals surface area contributed by atoms with Crippen LogP contribution in [0.25, 0.3) is 0 Å². The van der Waals surface area contributed by atoms with Crippen LogP contribution in [0.4, 0.5) is 4.39 Å². The standard InChI is InChI=1S/C17H23FN4O/c1-19-17(20-9-12-22-10-3-4-11-22)21-13-16(23-2)14-5-7-15(18)8-6-14/h3-8,10-11,16H,9,12-13H2,1-2H3,(H2,19,20,21). The Kier molecular flexibility index (Phi) is 6.62. The van der Waals surface area contributed by atoms with E-state index in [-0.39, 0.29) is 11.9 Å². The van der Waals surface area contributed by atoms with Gasteiger partial charge in [0.25, 0.3) is 0 Å². The zero-order valence-electron chi connectivity index (χ0n) is 13.5. The van der Waals surface area contributed by atoms with Gasteiger partial charge in [-0.1, -0.05) is 12.1 Å². The lowest BCUT2D eigenvalue weighted by Gasteiger charge is -2.19. The van der Waals surface area contributed by atoms with Crippen LogP contribution in [0, 0.1) is 5.82 Å². The van der Waals surface area contributed by atoms with Crippen molar-refractivity contribution in [1.82, 2.24) is 15.2 Å². The third kappa shape index (κ3) is 5.41. The van der Waals surface area contributed by atoms with Gasteiger partial charge in [-0.25, -0.2) is 4.39 Å². The van der Waals surface area contributed by atoms with Gasteiger partial charge in [-0.05, 0) is 29.8 Å². The second-order valence-electron chi connectivity index (χ2n) is 5.08. The molecular formula is C17H23FN4O. The van der Waals surface area contributed by atoms with Crippen molar-refractivity contribution >= 4 is 5.96 Å². The third-order valence-electron chi connectivity index (χ3n) is 3.53. The predicted molar refractivity (Wildman–Crippen MR) is 89.9 cm³/mol. The molecule has 0 aliphatic heterocycles. The van der Waals surface area contributed by atoms with Crippen molar-refractivity contribution in [2.24, 2.45) is 4.99 Å². The van der Waals surface area contributed by atoms with Crippen molar-refractivity contribution in [2.75, 3.05) is 27.2 Å². The highest BCUT2D eigenvalue weighted by molar-refractivity contribution is 5.79. The Morgan fingerprint density at radius 3 is 2.52 bits per heavy atom. The maximum Gasteiger partial charge on any atom is 0.191 e. The lowest BCUT2D eigenvalue weighted by Crippen LogP contribution is -2.40. The van der Waals surface area contributed by atoms with Crippen molar-refractivity contribution in [3.8, 4) is 0 Å². The van der Waals surface area contributed by atoms with E-state index in [2.05, 4.69) is 20.2 Å². The number of aromatic nitrogens is 1. The maximum absolute atomic E-state index is 13.0. The molecule has 2 N–H and O–H groups in total. The van der Waals surface area contributed by atoms with Crippen LogP contribution in [0.15, 0.2) is 53.8 Å². The van der Waals surface area contributed by atoms with Gasteiger partial charge in [0.05, 0.1) is 6.10 Å². The average molecular weight is 318 g/mol. The van der Waals surface area contributed by atoms with Gasteiger partial charge in [0, 0.05) is 46.2 Å². The third-order valence-corrected chi connectivity index (χ3v) is 3.53. The van der Waals surface area contributed by atoms with Gasteiger partial charge < -0.3 is 19.9 Å². The van der Waals surface area contributed by atoms with E-state index < -0.39 is 0 Å². The van der Waals surface area contributed by atoms with Gasteiger partial charge in [-0.15, -0.1) is 0 Å². The first-order valence-electron chi connectivity index (χ1n) is 7.56. The van der Waals surface area contributed by atoms with E-state index in [4.69, 9.17) is 4.74 Å². The molecule has 0 aliphatic rings. The van der Waals surface area contributed by atoms with Crippen LogP contribution < -0.4 is 10.6 Å². The minimum absolute atomic E-state index is 0.168.